The van der Waals surface area contributed by atoms with E-state index in [9.17, 15) is 4.39 Å². The SMILES string of the molecule is CCOC1(C(NC)c2cc(C)ccc2F)CCC(C)CC1. The van der Waals surface area contributed by atoms with Crippen LogP contribution in [0, 0.1) is 18.7 Å². The highest BCUT2D eigenvalue weighted by atomic mass is 19.1. The summed E-state index contributed by atoms with van der Waals surface area (Å²) in [6.07, 6.45) is 4.26. The molecule has 0 bridgehead atoms. The molecule has 0 heterocycles. The molecule has 1 aromatic carbocycles. The first-order valence-electron chi connectivity index (χ1n) is 8.09. The molecule has 1 aliphatic carbocycles. The quantitative estimate of drug-likeness (QED) is 0.870. The van der Waals surface area contributed by atoms with E-state index in [0.717, 1.165) is 42.7 Å². The predicted molar refractivity (Wildman–Crippen MR) is 84.9 cm³/mol. The number of aryl methyl sites for hydroxylation is 1. The molecule has 1 unspecified atom stereocenters. The molecule has 1 fully saturated rings. The molecule has 1 saturated carbocycles. The zero-order valence-corrected chi connectivity index (χ0v) is 13.7. The molecule has 0 aliphatic heterocycles. The summed E-state index contributed by atoms with van der Waals surface area (Å²) >= 11 is 0. The first kappa shape index (κ1) is 16.4. The van der Waals surface area contributed by atoms with Gasteiger partial charge in [-0.3, -0.25) is 0 Å². The molecule has 118 valence electrons. The van der Waals surface area contributed by atoms with Crippen LogP contribution in [-0.2, 0) is 4.74 Å². The Morgan fingerprint density at radius 2 is 2.05 bits per heavy atom. The van der Waals surface area contributed by atoms with Gasteiger partial charge in [0.25, 0.3) is 0 Å². The molecule has 2 rings (SSSR count). The van der Waals surface area contributed by atoms with Gasteiger partial charge in [-0.2, -0.15) is 0 Å². The van der Waals surface area contributed by atoms with Crippen molar-refractivity contribution < 1.29 is 9.13 Å². The van der Waals surface area contributed by atoms with Gasteiger partial charge in [0.05, 0.1) is 11.6 Å². The zero-order valence-electron chi connectivity index (χ0n) is 13.7. The van der Waals surface area contributed by atoms with Crippen molar-refractivity contribution >= 4 is 0 Å². The minimum absolute atomic E-state index is 0.0927. The van der Waals surface area contributed by atoms with Crippen LogP contribution in [0.25, 0.3) is 0 Å². The number of rotatable bonds is 5. The van der Waals surface area contributed by atoms with E-state index in [1.807, 2.05) is 33.0 Å². The van der Waals surface area contributed by atoms with Gasteiger partial charge in [-0.15, -0.1) is 0 Å². The Kier molecular flexibility index (Phi) is 5.39. The highest BCUT2D eigenvalue weighted by Crippen LogP contribution is 2.43. The van der Waals surface area contributed by atoms with Crippen LogP contribution in [0.5, 0.6) is 0 Å². The molecule has 0 amide bonds. The van der Waals surface area contributed by atoms with Crippen molar-refractivity contribution in [2.75, 3.05) is 13.7 Å². The summed E-state index contributed by atoms with van der Waals surface area (Å²) in [5.74, 6) is 0.594. The summed E-state index contributed by atoms with van der Waals surface area (Å²) in [5.41, 5.74) is 1.54. The number of likely N-dealkylation sites (N-methyl/N-ethyl adjacent to an activating group) is 1. The van der Waals surface area contributed by atoms with Gasteiger partial charge in [0.15, 0.2) is 0 Å². The highest BCUT2D eigenvalue weighted by Gasteiger charge is 2.43. The van der Waals surface area contributed by atoms with Gasteiger partial charge in [-0.25, -0.2) is 4.39 Å². The van der Waals surface area contributed by atoms with E-state index in [1.165, 1.54) is 0 Å². The molecular weight excluding hydrogens is 265 g/mol. The molecule has 1 aromatic rings. The molecule has 21 heavy (non-hydrogen) atoms. The third kappa shape index (κ3) is 3.46. The molecule has 0 aromatic heterocycles. The summed E-state index contributed by atoms with van der Waals surface area (Å²) in [7, 11) is 1.91. The normalized spacial score (nSPS) is 27.6. The van der Waals surface area contributed by atoms with Crippen LogP contribution < -0.4 is 5.32 Å². The van der Waals surface area contributed by atoms with Gasteiger partial charge in [0, 0.05) is 12.2 Å². The van der Waals surface area contributed by atoms with Gasteiger partial charge < -0.3 is 10.1 Å². The number of halogens is 1. The number of nitrogens with one attached hydrogen (secondary N) is 1. The van der Waals surface area contributed by atoms with Crippen molar-refractivity contribution in [2.24, 2.45) is 5.92 Å². The van der Waals surface area contributed by atoms with Gasteiger partial charge in [0.1, 0.15) is 5.82 Å². The monoisotopic (exact) mass is 293 g/mol. The standard InChI is InChI=1S/C18H28FNO/c1-5-21-18(10-8-13(2)9-11-18)17(20-4)15-12-14(3)6-7-16(15)19/h6-7,12-13,17,20H,5,8-11H2,1-4H3. The fraction of sp³-hybridized carbons (Fsp3) is 0.667. The Balaban J connectivity index is 2.38. The average molecular weight is 293 g/mol. The van der Waals surface area contributed by atoms with Crippen molar-refractivity contribution in [3.05, 3.63) is 35.1 Å². The number of hydrogen-bond acceptors (Lipinski definition) is 2. The zero-order chi connectivity index (χ0) is 15.5. The topological polar surface area (TPSA) is 21.3 Å². The largest absolute Gasteiger partial charge is 0.373 e. The van der Waals surface area contributed by atoms with Crippen molar-refractivity contribution in [1.29, 1.82) is 0 Å². The van der Waals surface area contributed by atoms with E-state index >= 15 is 0 Å². The number of hydrogen-bond donors (Lipinski definition) is 1. The van der Waals surface area contributed by atoms with Crippen molar-refractivity contribution in [1.82, 2.24) is 5.32 Å². The maximum Gasteiger partial charge on any atom is 0.128 e. The van der Waals surface area contributed by atoms with Crippen LogP contribution in [0.1, 0.15) is 56.7 Å². The van der Waals surface area contributed by atoms with E-state index in [4.69, 9.17) is 4.74 Å². The van der Waals surface area contributed by atoms with Crippen LogP contribution in [0.3, 0.4) is 0 Å². The summed E-state index contributed by atoms with van der Waals surface area (Å²) < 4.78 is 20.5. The van der Waals surface area contributed by atoms with E-state index < -0.39 is 0 Å². The maximum absolute atomic E-state index is 14.4. The van der Waals surface area contributed by atoms with Crippen LogP contribution in [-0.4, -0.2) is 19.3 Å². The lowest BCUT2D eigenvalue weighted by Crippen LogP contribution is -2.48. The lowest BCUT2D eigenvalue weighted by Gasteiger charge is -2.45. The Bertz CT molecular complexity index is 466. The second kappa shape index (κ2) is 6.89. The average Bonchev–Trinajstić information content (AvgIpc) is 2.47. The molecular formula is C18H28FNO. The van der Waals surface area contributed by atoms with E-state index in [-0.39, 0.29) is 17.5 Å². The lowest BCUT2D eigenvalue weighted by molar-refractivity contribution is -0.0968. The van der Waals surface area contributed by atoms with Gasteiger partial charge in [-0.1, -0.05) is 24.6 Å². The summed E-state index contributed by atoms with van der Waals surface area (Å²) in [6, 6.07) is 5.25. The third-order valence-electron chi connectivity index (χ3n) is 4.83. The van der Waals surface area contributed by atoms with Crippen molar-refractivity contribution in [3.63, 3.8) is 0 Å². The molecule has 1 N–H and O–H groups in total. The first-order chi connectivity index (χ1) is 10.0. The van der Waals surface area contributed by atoms with E-state index in [0.29, 0.717) is 6.61 Å². The van der Waals surface area contributed by atoms with Gasteiger partial charge in [0.2, 0.25) is 0 Å². The highest BCUT2D eigenvalue weighted by molar-refractivity contribution is 5.29. The number of ether oxygens (including phenoxy) is 1. The van der Waals surface area contributed by atoms with Crippen LogP contribution in [0.4, 0.5) is 4.39 Å². The summed E-state index contributed by atoms with van der Waals surface area (Å²) in [6.45, 7) is 6.99. The Morgan fingerprint density at radius 3 is 2.62 bits per heavy atom. The predicted octanol–water partition coefficient (Wildman–Crippen LogP) is 4.38. The van der Waals surface area contributed by atoms with Crippen molar-refractivity contribution in [2.45, 2.75) is 58.1 Å². The second-order valence-electron chi connectivity index (χ2n) is 6.43. The molecule has 3 heteroatoms. The Morgan fingerprint density at radius 1 is 1.38 bits per heavy atom. The molecule has 1 atom stereocenters. The molecule has 0 spiro atoms. The summed E-state index contributed by atoms with van der Waals surface area (Å²) in [4.78, 5) is 0. The fourth-order valence-electron chi connectivity index (χ4n) is 3.64. The van der Waals surface area contributed by atoms with Crippen LogP contribution >= 0.6 is 0 Å². The molecule has 2 nitrogen and oxygen atoms in total. The molecule has 0 saturated heterocycles. The van der Waals surface area contributed by atoms with Crippen molar-refractivity contribution in [3.8, 4) is 0 Å². The first-order valence-corrected chi connectivity index (χ1v) is 8.09. The smallest absolute Gasteiger partial charge is 0.128 e. The molecule has 0 radical (unpaired) electrons. The van der Waals surface area contributed by atoms with Crippen LogP contribution in [0.15, 0.2) is 18.2 Å². The van der Waals surface area contributed by atoms with E-state index in [1.54, 1.807) is 6.07 Å². The molecule has 1 aliphatic rings. The van der Waals surface area contributed by atoms with Gasteiger partial charge >= 0.3 is 0 Å². The van der Waals surface area contributed by atoms with Crippen LogP contribution in [0.2, 0.25) is 0 Å². The Labute approximate surface area is 128 Å². The lowest BCUT2D eigenvalue weighted by atomic mass is 9.73. The maximum atomic E-state index is 14.4. The minimum atomic E-state index is -0.287. The third-order valence-corrected chi connectivity index (χ3v) is 4.83. The van der Waals surface area contributed by atoms with E-state index in [2.05, 4.69) is 12.2 Å². The second-order valence-corrected chi connectivity index (χ2v) is 6.43. The fourth-order valence-corrected chi connectivity index (χ4v) is 3.64. The Hall–Kier alpha value is -0.930. The van der Waals surface area contributed by atoms with Gasteiger partial charge in [-0.05, 0) is 58.6 Å². The number of benzene rings is 1. The minimum Gasteiger partial charge on any atom is -0.373 e. The summed E-state index contributed by atoms with van der Waals surface area (Å²) in [5, 5.41) is 3.33.